The molecule has 1 heterocycles. The molecule has 2 aliphatic rings. The molecule has 0 saturated carbocycles. The Bertz CT molecular complexity index is 1060. The van der Waals surface area contributed by atoms with Crippen LogP contribution in [0.15, 0.2) is 48.5 Å². The third-order valence-corrected chi connectivity index (χ3v) is 6.45. The van der Waals surface area contributed by atoms with Crippen molar-refractivity contribution in [2.75, 3.05) is 13.2 Å². The fraction of sp³-hybridized carbons (Fsp3) is 0.400. The molecule has 180 valence electrons. The van der Waals surface area contributed by atoms with Crippen LogP contribution in [-0.2, 0) is 14.3 Å². The van der Waals surface area contributed by atoms with Crippen LogP contribution in [0.1, 0.15) is 43.2 Å². The Labute approximate surface area is 195 Å². The highest BCUT2D eigenvalue weighted by Gasteiger charge is 2.50. The molecule has 9 heteroatoms. The number of likely N-dealkylation sites (tertiary alicyclic amines) is 1. The van der Waals surface area contributed by atoms with Crippen LogP contribution in [0.3, 0.4) is 0 Å². The fourth-order valence-corrected chi connectivity index (χ4v) is 4.73. The number of ether oxygens (including phenoxy) is 1. The minimum Gasteiger partial charge on any atom is -0.480 e. The zero-order valence-electron chi connectivity index (χ0n) is 18.7. The number of halogens is 2. The molecule has 0 aromatic heterocycles. The average molecular weight is 472 g/mol. The van der Waals surface area contributed by atoms with Gasteiger partial charge in [0.15, 0.2) is 0 Å². The summed E-state index contributed by atoms with van der Waals surface area (Å²) in [6.45, 7) is 0.892. The van der Waals surface area contributed by atoms with Crippen molar-refractivity contribution in [1.29, 1.82) is 0 Å². The van der Waals surface area contributed by atoms with Crippen LogP contribution in [-0.4, -0.2) is 59.1 Å². The molecule has 2 amide bonds. The number of rotatable bonds is 7. The molecule has 7 nitrogen and oxygen atoms in total. The first-order valence-corrected chi connectivity index (χ1v) is 11.2. The standard InChI is InChI=1S/C25H26F2N2O5/c1-2-15(11-22(30)29-14-25(26,27)12-21(29)23(31)32)28-24(33)34-13-20-18-9-5-3-7-16(18)17-8-4-6-10-19(17)20/h3-10,15,20-21H,2,11-14H2,1H3,(H,28,33)(H,31,32)/t15-,21-/m0/s1. The first-order chi connectivity index (χ1) is 16.2. The minimum atomic E-state index is -3.25. The average Bonchev–Trinajstić information content (AvgIpc) is 3.31. The van der Waals surface area contributed by atoms with Crippen LogP contribution < -0.4 is 5.32 Å². The highest BCUT2D eigenvalue weighted by atomic mass is 19.3. The van der Waals surface area contributed by atoms with E-state index in [-0.39, 0.29) is 18.9 Å². The van der Waals surface area contributed by atoms with Crippen LogP contribution in [0.5, 0.6) is 0 Å². The Morgan fingerprint density at radius 2 is 1.71 bits per heavy atom. The van der Waals surface area contributed by atoms with Gasteiger partial charge in [-0.15, -0.1) is 0 Å². The number of nitrogens with one attached hydrogen (secondary N) is 1. The predicted octanol–water partition coefficient (Wildman–Crippen LogP) is 4.01. The Morgan fingerprint density at radius 1 is 1.12 bits per heavy atom. The molecular formula is C25H26F2N2O5. The number of carbonyl (C=O) groups is 3. The number of carboxylic acid groups (broad SMARTS) is 1. The van der Waals surface area contributed by atoms with Gasteiger partial charge in [0, 0.05) is 24.8 Å². The van der Waals surface area contributed by atoms with Gasteiger partial charge in [-0.25, -0.2) is 18.4 Å². The second kappa shape index (κ2) is 9.40. The van der Waals surface area contributed by atoms with Gasteiger partial charge in [-0.3, -0.25) is 4.79 Å². The second-order valence-electron chi connectivity index (χ2n) is 8.71. The van der Waals surface area contributed by atoms with Crippen molar-refractivity contribution < 1.29 is 33.0 Å². The van der Waals surface area contributed by atoms with E-state index in [0.717, 1.165) is 22.3 Å². The summed E-state index contributed by atoms with van der Waals surface area (Å²) in [5.41, 5.74) is 4.32. The number of alkyl halides is 2. The Hall–Kier alpha value is -3.49. The monoisotopic (exact) mass is 472 g/mol. The molecule has 2 atom stereocenters. The first-order valence-electron chi connectivity index (χ1n) is 11.2. The van der Waals surface area contributed by atoms with Crippen molar-refractivity contribution in [2.24, 2.45) is 0 Å². The summed E-state index contributed by atoms with van der Waals surface area (Å²) in [6, 6.07) is 13.6. The third-order valence-electron chi connectivity index (χ3n) is 6.45. The van der Waals surface area contributed by atoms with Gasteiger partial charge in [-0.05, 0) is 28.7 Å². The van der Waals surface area contributed by atoms with E-state index in [1.54, 1.807) is 6.92 Å². The summed E-state index contributed by atoms with van der Waals surface area (Å²) in [6.07, 6.45) is -1.58. The van der Waals surface area contributed by atoms with Gasteiger partial charge >= 0.3 is 12.1 Å². The van der Waals surface area contributed by atoms with E-state index in [0.29, 0.717) is 11.3 Å². The van der Waals surface area contributed by atoms with Crippen molar-refractivity contribution in [2.45, 2.75) is 50.1 Å². The molecule has 1 saturated heterocycles. The van der Waals surface area contributed by atoms with E-state index < -0.39 is 48.9 Å². The van der Waals surface area contributed by atoms with E-state index in [1.165, 1.54) is 0 Å². The van der Waals surface area contributed by atoms with Crippen LogP contribution in [0.25, 0.3) is 11.1 Å². The summed E-state index contributed by atoms with van der Waals surface area (Å²) in [4.78, 5) is 37.1. The molecule has 1 fully saturated rings. The zero-order chi connectivity index (χ0) is 24.5. The minimum absolute atomic E-state index is 0.101. The number of hydrogen-bond donors (Lipinski definition) is 2. The molecule has 0 radical (unpaired) electrons. The molecule has 1 aliphatic carbocycles. The number of carbonyl (C=O) groups excluding carboxylic acids is 2. The topological polar surface area (TPSA) is 95.9 Å². The van der Waals surface area contributed by atoms with Gasteiger partial charge < -0.3 is 20.1 Å². The van der Waals surface area contributed by atoms with E-state index in [4.69, 9.17) is 4.74 Å². The van der Waals surface area contributed by atoms with E-state index >= 15 is 0 Å². The van der Waals surface area contributed by atoms with Crippen LogP contribution in [0, 0.1) is 0 Å². The second-order valence-corrected chi connectivity index (χ2v) is 8.71. The van der Waals surface area contributed by atoms with E-state index in [1.807, 2.05) is 48.5 Å². The number of aliphatic carboxylic acids is 1. The zero-order valence-corrected chi connectivity index (χ0v) is 18.7. The Morgan fingerprint density at radius 3 is 2.26 bits per heavy atom. The number of alkyl carbamates (subject to hydrolysis) is 1. The lowest BCUT2D eigenvalue weighted by Gasteiger charge is -2.24. The van der Waals surface area contributed by atoms with Gasteiger partial charge in [0.2, 0.25) is 5.91 Å². The van der Waals surface area contributed by atoms with Crippen molar-refractivity contribution in [3.63, 3.8) is 0 Å². The number of carboxylic acids is 1. The number of nitrogens with zero attached hydrogens (tertiary/aromatic N) is 1. The molecular weight excluding hydrogens is 446 g/mol. The number of benzene rings is 2. The lowest BCUT2D eigenvalue weighted by atomic mass is 9.98. The molecule has 2 aromatic rings. The highest BCUT2D eigenvalue weighted by Crippen LogP contribution is 2.44. The number of fused-ring (bicyclic) bond motifs is 3. The van der Waals surface area contributed by atoms with Crippen molar-refractivity contribution in [3.8, 4) is 11.1 Å². The Kier molecular flexibility index (Phi) is 6.54. The molecule has 34 heavy (non-hydrogen) atoms. The van der Waals surface area contributed by atoms with Crippen molar-refractivity contribution in [3.05, 3.63) is 59.7 Å². The number of hydrogen-bond acceptors (Lipinski definition) is 4. The fourth-order valence-electron chi connectivity index (χ4n) is 4.73. The molecule has 1 aliphatic heterocycles. The first kappa shape index (κ1) is 23.7. The maximum Gasteiger partial charge on any atom is 0.407 e. The van der Waals surface area contributed by atoms with E-state index in [9.17, 15) is 28.3 Å². The Balaban J connectivity index is 1.36. The van der Waals surface area contributed by atoms with Gasteiger partial charge in [0.05, 0.1) is 6.54 Å². The molecule has 4 rings (SSSR count). The lowest BCUT2D eigenvalue weighted by molar-refractivity contribution is -0.148. The van der Waals surface area contributed by atoms with Gasteiger partial charge in [0.25, 0.3) is 5.92 Å². The summed E-state index contributed by atoms with van der Waals surface area (Å²) in [5, 5.41) is 11.8. The molecule has 2 aromatic carbocycles. The number of amides is 2. The van der Waals surface area contributed by atoms with E-state index in [2.05, 4.69) is 5.32 Å². The normalized spacial score (nSPS) is 19.3. The molecule has 0 spiro atoms. The van der Waals surface area contributed by atoms with Gasteiger partial charge in [-0.1, -0.05) is 55.5 Å². The molecule has 0 bridgehead atoms. The summed E-state index contributed by atoms with van der Waals surface area (Å²) < 4.78 is 32.9. The van der Waals surface area contributed by atoms with Gasteiger partial charge in [0.1, 0.15) is 12.6 Å². The van der Waals surface area contributed by atoms with Crippen molar-refractivity contribution in [1.82, 2.24) is 10.2 Å². The maximum atomic E-state index is 13.7. The lowest BCUT2D eigenvalue weighted by Crippen LogP contribution is -2.45. The largest absolute Gasteiger partial charge is 0.480 e. The SMILES string of the molecule is CC[C@@H](CC(=O)N1CC(F)(F)C[C@H]1C(=O)O)NC(=O)OCC1c2ccccc2-c2ccccc21. The highest BCUT2D eigenvalue weighted by molar-refractivity contribution is 5.85. The quantitative estimate of drug-likeness (QED) is 0.635. The van der Waals surface area contributed by atoms with Crippen LogP contribution in [0.4, 0.5) is 13.6 Å². The van der Waals surface area contributed by atoms with Crippen molar-refractivity contribution >= 4 is 18.0 Å². The summed E-state index contributed by atoms with van der Waals surface area (Å²) in [7, 11) is 0. The van der Waals surface area contributed by atoms with Gasteiger partial charge in [-0.2, -0.15) is 0 Å². The summed E-state index contributed by atoms with van der Waals surface area (Å²) >= 11 is 0. The van der Waals surface area contributed by atoms with Crippen LogP contribution >= 0.6 is 0 Å². The summed E-state index contributed by atoms with van der Waals surface area (Å²) in [5.74, 6) is -5.58. The smallest absolute Gasteiger partial charge is 0.407 e. The van der Waals surface area contributed by atoms with Crippen LogP contribution in [0.2, 0.25) is 0 Å². The third kappa shape index (κ3) is 4.73. The molecule has 2 N–H and O–H groups in total. The molecule has 0 unspecified atom stereocenters. The maximum absolute atomic E-state index is 13.7. The predicted molar refractivity (Wildman–Crippen MR) is 120 cm³/mol.